The minimum Gasteiger partial charge on any atom is -0.277 e. The van der Waals surface area contributed by atoms with E-state index in [1.54, 1.807) is 0 Å². The molecule has 0 fully saturated rings. The van der Waals surface area contributed by atoms with Crippen LogP contribution in [0.25, 0.3) is 0 Å². The Kier molecular flexibility index (Phi) is 5.05. The number of rotatable bonds is 5. The van der Waals surface area contributed by atoms with Gasteiger partial charge in [0.25, 0.3) is 10.0 Å². The van der Waals surface area contributed by atoms with Crippen molar-refractivity contribution < 1.29 is 25.6 Å². The molecule has 136 valence electrons. The minimum atomic E-state index is -4.18. The van der Waals surface area contributed by atoms with Crippen LogP contribution >= 0.6 is 0 Å². The van der Waals surface area contributed by atoms with Gasteiger partial charge in [-0.25, -0.2) is 25.6 Å². The number of hydrogen-bond donors (Lipinski definition) is 1. The maximum Gasteiger partial charge on any atom is 0.262 e. The first-order valence-corrected chi connectivity index (χ1v) is 10.3. The second kappa shape index (κ2) is 6.60. The second-order valence-electron chi connectivity index (χ2n) is 5.41. The van der Waals surface area contributed by atoms with Gasteiger partial charge in [-0.2, -0.15) is 0 Å². The Morgan fingerprint density at radius 3 is 2.08 bits per heavy atom. The van der Waals surface area contributed by atoms with Gasteiger partial charge < -0.3 is 0 Å². The van der Waals surface area contributed by atoms with E-state index in [1.807, 2.05) is 0 Å². The van der Waals surface area contributed by atoms with E-state index in [0.29, 0.717) is 0 Å². The van der Waals surface area contributed by atoms with E-state index >= 15 is 0 Å². The van der Waals surface area contributed by atoms with E-state index in [1.165, 1.54) is 14.0 Å². The molecule has 0 aliphatic carbocycles. The van der Waals surface area contributed by atoms with Crippen molar-refractivity contribution in [2.24, 2.45) is 0 Å². The van der Waals surface area contributed by atoms with Crippen LogP contribution in [0.5, 0.6) is 0 Å². The number of benzene rings is 2. The van der Waals surface area contributed by atoms with Gasteiger partial charge in [-0.3, -0.25) is 9.03 Å². The zero-order valence-corrected chi connectivity index (χ0v) is 15.2. The van der Waals surface area contributed by atoms with Crippen LogP contribution in [0.3, 0.4) is 0 Å². The molecule has 2 aromatic rings. The average Bonchev–Trinajstić information content (AvgIpc) is 2.44. The van der Waals surface area contributed by atoms with E-state index in [-0.39, 0.29) is 21.8 Å². The highest BCUT2D eigenvalue weighted by molar-refractivity contribution is 7.93. The predicted octanol–water partition coefficient (Wildman–Crippen LogP) is 2.47. The first-order chi connectivity index (χ1) is 11.4. The van der Waals surface area contributed by atoms with Crippen LogP contribution in [0.15, 0.2) is 41.3 Å². The topological polar surface area (TPSA) is 83.6 Å². The van der Waals surface area contributed by atoms with Crippen molar-refractivity contribution in [1.29, 1.82) is 0 Å². The number of sulfonamides is 2. The molecule has 0 atom stereocenters. The maximum atomic E-state index is 13.6. The fourth-order valence-electron chi connectivity index (χ4n) is 2.16. The van der Waals surface area contributed by atoms with Crippen molar-refractivity contribution in [2.75, 3.05) is 22.3 Å². The summed E-state index contributed by atoms with van der Waals surface area (Å²) >= 11 is 0. The summed E-state index contributed by atoms with van der Waals surface area (Å²) < 4.78 is 78.2. The lowest BCUT2D eigenvalue weighted by atomic mass is 10.2. The molecule has 1 N–H and O–H groups in total. The molecule has 0 spiro atoms. The number of nitrogens with one attached hydrogen (secondary N) is 1. The van der Waals surface area contributed by atoms with Gasteiger partial charge in [0.15, 0.2) is 0 Å². The van der Waals surface area contributed by atoms with Crippen molar-refractivity contribution >= 4 is 31.4 Å². The van der Waals surface area contributed by atoms with E-state index in [0.717, 1.165) is 47.0 Å². The first-order valence-electron chi connectivity index (χ1n) is 6.94. The Balaban J connectivity index is 2.54. The lowest BCUT2D eigenvalue weighted by Gasteiger charge is -2.21. The van der Waals surface area contributed by atoms with E-state index < -0.39 is 31.7 Å². The van der Waals surface area contributed by atoms with Crippen LogP contribution in [0, 0.1) is 18.6 Å². The molecule has 0 unspecified atom stereocenters. The molecule has 0 saturated carbocycles. The Morgan fingerprint density at radius 1 is 0.960 bits per heavy atom. The molecule has 0 aromatic heterocycles. The quantitative estimate of drug-likeness (QED) is 0.850. The fourth-order valence-corrected chi connectivity index (χ4v) is 3.97. The summed E-state index contributed by atoms with van der Waals surface area (Å²) in [6, 6.07) is 6.13. The highest BCUT2D eigenvalue weighted by atomic mass is 32.2. The van der Waals surface area contributed by atoms with Crippen molar-refractivity contribution in [2.45, 2.75) is 11.8 Å². The summed E-state index contributed by atoms with van der Waals surface area (Å²) in [5.41, 5.74) is -0.147. The number of anilines is 2. The van der Waals surface area contributed by atoms with Crippen LogP contribution < -0.4 is 9.03 Å². The van der Waals surface area contributed by atoms with Crippen molar-refractivity contribution in [3.8, 4) is 0 Å². The second-order valence-corrected chi connectivity index (χ2v) is 9.07. The molecule has 10 heteroatoms. The number of hydrogen-bond acceptors (Lipinski definition) is 4. The third-order valence-electron chi connectivity index (χ3n) is 3.47. The molecule has 0 aliphatic rings. The highest BCUT2D eigenvalue weighted by Gasteiger charge is 2.22. The van der Waals surface area contributed by atoms with Crippen LogP contribution in [-0.2, 0) is 20.0 Å². The van der Waals surface area contributed by atoms with Gasteiger partial charge >= 0.3 is 0 Å². The van der Waals surface area contributed by atoms with Crippen LogP contribution in [0.4, 0.5) is 20.2 Å². The molecule has 0 heterocycles. The molecule has 0 bridgehead atoms. The molecule has 0 aliphatic heterocycles. The van der Waals surface area contributed by atoms with Gasteiger partial charge in [0.2, 0.25) is 10.0 Å². The molecule has 6 nitrogen and oxygen atoms in total. The lowest BCUT2D eigenvalue weighted by Crippen LogP contribution is -2.26. The van der Waals surface area contributed by atoms with Gasteiger partial charge in [-0.05, 0) is 42.8 Å². The molecular weight excluding hydrogens is 374 g/mol. The lowest BCUT2D eigenvalue weighted by molar-refractivity contribution is 0.596. The van der Waals surface area contributed by atoms with Crippen LogP contribution in [0.1, 0.15) is 5.56 Å². The molecule has 25 heavy (non-hydrogen) atoms. The van der Waals surface area contributed by atoms with Gasteiger partial charge in [-0.15, -0.1) is 0 Å². The summed E-state index contributed by atoms with van der Waals surface area (Å²) in [7, 11) is -6.67. The molecule has 0 amide bonds. The third kappa shape index (κ3) is 4.26. The monoisotopic (exact) mass is 390 g/mol. The van der Waals surface area contributed by atoms with E-state index in [9.17, 15) is 25.6 Å². The molecule has 2 rings (SSSR count). The van der Waals surface area contributed by atoms with Gasteiger partial charge in [0, 0.05) is 13.1 Å². The number of nitrogens with zero attached hydrogens (tertiary/aromatic N) is 1. The van der Waals surface area contributed by atoms with Gasteiger partial charge in [-0.1, -0.05) is 0 Å². The number of aryl methyl sites for hydroxylation is 1. The standard InChI is InChI=1S/C15H16F2N2O4S2/c1-10-8-11(16)5-7-15(10)25(22,23)18-13-9-12(17)4-6-14(13)19(2)24(3,20)21/h4-9,18H,1-3H3. The van der Waals surface area contributed by atoms with Crippen LogP contribution in [0.2, 0.25) is 0 Å². The zero-order valence-electron chi connectivity index (χ0n) is 13.6. The average molecular weight is 390 g/mol. The highest BCUT2D eigenvalue weighted by Crippen LogP contribution is 2.30. The van der Waals surface area contributed by atoms with Gasteiger partial charge in [0.05, 0.1) is 22.5 Å². The minimum absolute atomic E-state index is 0.0489. The van der Waals surface area contributed by atoms with Gasteiger partial charge in [0.1, 0.15) is 11.6 Å². The predicted molar refractivity (Wildman–Crippen MR) is 91.6 cm³/mol. The summed E-state index contributed by atoms with van der Waals surface area (Å²) in [5, 5.41) is 0. The van der Waals surface area contributed by atoms with Crippen LogP contribution in [-0.4, -0.2) is 30.1 Å². The van der Waals surface area contributed by atoms with Crippen molar-refractivity contribution in [3.63, 3.8) is 0 Å². The molecule has 0 radical (unpaired) electrons. The summed E-state index contributed by atoms with van der Waals surface area (Å²) in [5.74, 6) is -1.35. The summed E-state index contributed by atoms with van der Waals surface area (Å²) in [6.07, 6.45) is 0.929. The van der Waals surface area contributed by atoms with E-state index in [4.69, 9.17) is 0 Å². The Morgan fingerprint density at radius 2 is 1.52 bits per heavy atom. The van der Waals surface area contributed by atoms with Crippen molar-refractivity contribution in [3.05, 3.63) is 53.6 Å². The van der Waals surface area contributed by atoms with E-state index in [2.05, 4.69) is 4.72 Å². The SMILES string of the molecule is Cc1cc(F)ccc1S(=O)(=O)Nc1cc(F)ccc1N(C)S(C)(=O)=O. The normalized spacial score (nSPS) is 12.0. The third-order valence-corrected chi connectivity index (χ3v) is 6.18. The molecular formula is C15H16F2N2O4S2. The Hall–Kier alpha value is -2.20. The first kappa shape index (κ1) is 19.1. The molecule has 2 aromatic carbocycles. The maximum absolute atomic E-state index is 13.6. The zero-order chi connectivity index (χ0) is 19.0. The number of halogens is 2. The Labute approximate surface area is 145 Å². The summed E-state index contributed by atoms with van der Waals surface area (Å²) in [4.78, 5) is -0.203. The smallest absolute Gasteiger partial charge is 0.262 e. The Bertz CT molecular complexity index is 1020. The molecule has 0 saturated heterocycles. The van der Waals surface area contributed by atoms with Crippen molar-refractivity contribution in [1.82, 2.24) is 0 Å². The largest absolute Gasteiger partial charge is 0.277 e. The fraction of sp³-hybridized carbons (Fsp3) is 0.200. The summed E-state index contributed by atoms with van der Waals surface area (Å²) in [6.45, 7) is 1.41.